The number of aryl methyl sites for hydroxylation is 2. The van der Waals surface area contributed by atoms with E-state index in [1.54, 1.807) is 0 Å². The van der Waals surface area contributed by atoms with Crippen LogP contribution >= 0.6 is 0 Å². The van der Waals surface area contributed by atoms with Crippen molar-refractivity contribution in [2.75, 3.05) is 37.7 Å². The van der Waals surface area contributed by atoms with Gasteiger partial charge in [-0.25, -0.2) is 0 Å². The third kappa shape index (κ3) is 3.24. The van der Waals surface area contributed by atoms with Crippen molar-refractivity contribution in [1.29, 1.82) is 0 Å². The van der Waals surface area contributed by atoms with Gasteiger partial charge in [0.05, 0.1) is 0 Å². The number of aliphatic hydroxyl groups excluding tert-OH is 1. The van der Waals surface area contributed by atoms with Crippen molar-refractivity contribution >= 4 is 5.69 Å². The lowest BCUT2D eigenvalue weighted by molar-refractivity contribution is 0.220. The summed E-state index contributed by atoms with van der Waals surface area (Å²) in [5.41, 5.74) is 5.71. The molecular weight excluding hydrogens is 260 g/mol. The number of aliphatic hydroxyl groups is 1. The molecule has 0 saturated carbocycles. The predicted molar refractivity (Wildman–Crippen MR) is 87.8 cm³/mol. The molecule has 3 nitrogen and oxygen atoms in total. The molecule has 0 unspecified atom stereocenters. The van der Waals surface area contributed by atoms with E-state index in [1.807, 2.05) is 0 Å². The smallest absolute Gasteiger partial charge is 0.0471 e. The minimum absolute atomic E-state index is 0.336. The van der Waals surface area contributed by atoms with Crippen LogP contribution in [0.5, 0.6) is 0 Å². The summed E-state index contributed by atoms with van der Waals surface area (Å²) >= 11 is 0. The summed E-state index contributed by atoms with van der Waals surface area (Å²) in [4.78, 5) is 5.02. The first-order chi connectivity index (χ1) is 10.2. The highest BCUT2D eigenvalue weighted by molar-refractivity contribution is 5.57. The molecule has 0 amide bonds. The summed E-state index contributed by atoms with van der Waals surface area (Å²) in [6, 6.07) is 4.77. The lowest BCUT2D eigenvalue weighted by atomic mass is 10.0. The SMILES string of the molecule is Cc1cc(N2CCCC2)c(C)cc1CN1CC[C@@H](CO)C1. The molecule has 0 radical (unpaired) electrons. The van der Waals surface area contributed by atoms with Crippen LogP contribution in [0.1, 0.15) is 36.0 Å². The van der Waals surface area contributed by atoms with Gasteiger partial charge in [0.1, 0.15) is 0 Å². The lowest BCUT2D eigenvalue weighted by Crippen LogP contribution is -2.22. The molecule has 0 bridgehead atoms. The summed E-state index contributed by atoms with van der Waals surface area (Å²) in [6.07, 6.45) is 3.80. The molecule has 2 aliphatic rings. The first-order valence-corrected chi connectivity index (χ1v) is 8.35. The van der Waals surface area contributed by atoms with Crippen LogP contribution in [0, 0.1) is 19.8 Å². The van der Waals surface area contributed by atoms with Gasteiger partial charge in [-0.05, 0) is 68.3 Å². The highest BCUT2D eigenvalue weighted by atomic mass is 16.3. The Kier molecular flexibility index (Phi) is 4.51. The van der Waals surface area contributed by atoms with Gasteiger partial charge in [-0.2, -0.15) is 0 Å². The van der Waals surface area contributed by atoms with E-state index in [9.17, 15) is 5.11 Å². The lowest BCUT2D eigenvalue weighted by Gasteiger charge is -2.23. The number of hydrogen-bond donors (Lipinski definition) is 1. The summed E-state index contributed by atoms with van der Waals surface area (Å²) < 4.78 is 0. The van der Waals surface area contributed by atoms with Crippen molar-refractivity contribution in [2.24, 2.45) is 5.92 Å². The van der Waals surface area contributed by atoms with Crippen molar-refractivity contribution in [1.82, 2.24) is 4.90 Å². The number of hydrogen-bond acceptors (Lipinski definition) is 3. The van der Waals surface area contributed by atoms with E-state index in [4.69, 9.17) is 0 Å². The zero-order chi connectivity index (χ0) is 14.8. The van der Waals surface area contributed by atoms with Crippen molar-refractivity contribution < 1.29 is 5.11 Å². The number of nitrogens with zero attached hydrogens (tertiary/aromatic N) is 2. The average Bonchev–Trinajstić information content (AvgIpc) is 3.13. The molecule has 1 aromatic carbocycles. The van der Waals surface area contributed by atoms with Crippen molar-refractivity contribution in [3.63, 3.8) is 0 Å². The third-order valence-corrected chi connectivity index (χ3v) is 5.12. The molecule has 2 heterocycles. The van der Waals surface area contributed by atoms with Crippen LogP contribution < -0.4 is 4.90 Å². The standard InChI is InChI=1S/C18H28N2O/c1-14-10-18(20-6-3-4-7-20)15(2)9-17(14)12-19-8-5-16(11-19)13-21/h9-10,16,21H,3-8,11-13H2,1-2H3/t16-/m1/s1. The maximum atomic E-state index is 9.27. The van der Waals surface area contributed by atoms with Crippen LogP contribution in [0.15, 0.2) is 12.1 Å². The second-order valence-electron chi connectivity index (χ2n) is 6.83. The molecule has 1 aromatic rings. The predicted octanol–water partition coefficient (Wildman–Crippen LogP) is 2.72. The fraction of sp³-hybridized carbons (Fsp3) is 0.667. The minimum Gasteiger partial charge on any atom is -0.396 e. The molecule has 2 saturated heterocycles. The van der Waals surface area contributed by atoms with Crippen LogP contribution in [0.2, 0.25) is 0 Å². The fourth-order valence-corrected chi connectivity index (χ4v) is 3.78. The van der Waals surface area contributed by atoms with Crippen molar-refractivity contribution in [3.8, 4) is 0 Å². The molecule has 3 rings (SSSR count). The monoisotopic (exact) mass is 288 g/mol. The Morgan fingerprint density at radius 1 is 1.10 bits per heavy atom. The van der Waals surface area contributed by atoms with Crippen LogP contribution in [0.3, 0.4) is 0 Å². The molecule has 2 fully saturated rings. The highest BCUT2D eigenvalue weighted by Gasteiger charge is 2.22. The zero-order valence-electron chi connectivity index (χ0n) is 13.4. The second kappa shape index (κ2) is 6.37. The molecule has 21 heavy (non-hydrogen) atoms. The van der Waals surface area contributed by atoms with E-state index in [-0.39, 0.29) is 0 Å². The number of benzene rings is 1. The van der Waals surface area contributed by atoms with Gasteiger partial charge in [0.25, 0.3) is 0 Å². The molecule has 2 aliphatic heterocycles. The topological polar surface area (TPSA) is 26.7 Å². The molecule has 0 aliphatic carbocycles. The maximum absolute atomic E-state index is 9.27. The molecule has 0 aromatic heterocycles. The number of likely N-dealkylation sites (tertiary alicyclic amines) is 1. The molecule has 3 heteroatoms. The summed E-state index contributed by atoms with van der Waals surface area (Å²) in [7, 11) is 0. The fourth-order valence-electron chi connectivity index (χ4n) is 3.78. The van der Waals surface area contributed by atoms with Crippen molar-refractivity contribution in [2.45, 2.75) is 39.7 Å². The molecule has 116 valence electrons. The van der Waals surface area contributed by atoms with Gasteiger partial charge in [0.15, 0.2) is 0 Å². The van der Waals surface area contributed by atoms with E-state index in [0.29, 0.717) is 12.5 Å². The number of rotatable bonds is 4. The summed E-state index contributed by atoms with van der Waals surface area (Å²) in [6.45, 7) is 10.4. The van der Waals surface area contributed by atoms with Gasteiger partial charge in [-0.3, -0.25) is 4.90 Å². The van der Waals surface area contributed by atoms with Gasteiger partial charge in [-0.1, -0.05) is 6.07 Å². The van der Waals surface area contributed by atoms with E-state index in [1.165, 1.54) is 48.3 Å². The van der Waals surface area contributed by atoms with Crippen LogP contribution in [0.4, 0.5) is 5.69 Å². The minimum atomic E-state index is 0.336. The van der Waals surface area contributed by atoms with Crippen molar-refractivity contribution in [3.05, 3.63) is 28.8 Å². The van der Waals surface area contributed by atoms with Gasteiger partial charge in [0.2, 0.25) is 0 Å². The first kappa shape index (κ1) is 14.9. The molecule has 1 N–H and O–H groups in total. The van der Waals surface area contributed by atoms with E-state index >= 15 is 0 Å². The zero-order valence-corrected chi connectivity index (χ0v) is 13.4. The summed E-state index contributed by atoms with van der Waals surface area (Å²) in [5, 5.41) is 9.27. The van der Waals surface area contributed by atoms with Crippen LogP contribution in [-0.2, 0) is 6.54 Å². The van der Waals surface area contributed by atoms with Crippen LogP contribution in [-0.4, -0.2) is 42.8 Å². The largest absolute Gasteiger partial charge is 0.396 e. The second-order valence-corrected chi connectivity index (χ2v) is 6.83. The van der Waals surface area contributed by atoms with Gasteiger partial charge >= 0.3 is 0 Å². The Labute approximate surface area is 128 Å². The Morgan fingerprint density at radius 2 is 1.86 bits per heavy atom. The Bertz CT molecular complexity index is 494. The Morgan fingerprint density at radius 3 is 2.52 bits per heavy atom. The van der Waals surface area contributed by atoms with Gasteiger partial charge in [0, 0.05) is 38.5 Å². The average molecular weight is 288 g/mol. The normalized spacial score (nSPS) is 23.2. The van der Waals surface area contributed by atoms with E-state index in [0.717, 1.165) is 26.1 Å². The van der Waals surface area contributed by atoms with E-state index < -0.39 is 0 Å². The first-order valence-electron chi connectivity index (χ1n) is 8.35. The Hall–Kier alpha value is -1.06. The quantitative estimate of drug-likeness (QED) is 0.923. The Balaban J connectivity index is 1.73. The van der Waals surface area contributed by atoms with Gasteiger partial charge < -0.3 is 10.0 Å². The highest BCUT2D eigenvalue weighted by Crippen LogP contribution is 2.29. The molecule has 0 spiro atoms. The van der Waals surface area contributed by atoms with Crippen LogP contribution in [0.25, 0.3) is 0 Å². The number of anilines is 1. The van der Waals surface area contributed by atoms with E-state index in [2.05, 4.69) is 35.8 Å². The van der Waals surface area contributed by atoms with Gasteiger partial charge in [-0.15, -0.1) is 0 Å². The summed E-state index contributed by atoms with van der Waals surface area (Å²) in [5.74, 6) is 0.482. The molecular formula is C18H28N2O. The third-order valence-electron chi connectivity index (χ3n) is 5.12. The molecule has 1 atom stereocenters. The maximum Gasteiger partial charge on any atom is 0.0471 e.